The molecular formula is C26H22INO3. The van der Waals surface area contributed by atoms with E-state index in [4.69, 9.17) is 9.47 Å². The van der Waals surface area contributed by atoms with Gasteiger partial charge in [0.05, 0.1) is 6.61 Å². The highest BCUT2D eigenvalue weighted by Gasteiger charge is 2.12. The molecule has 0 spiro atoms. The molecule has 1 N–H and O–H groups in total. The summed E-state index contributed by atoms with van der Waals surface area (Å²) in [7, 11) is 0. The van der Waals surface area contributed by atoms with E-state index in [-0.39, 0.29) is 5.91 Å². The molecule has 0 heterocycles. The molecule has 0 saturated carbocycles. The number of benzene rings is 4. The maximum atomic E-state index is 12.7. The van der Waals surface area contributed by atoms with E-state index in [0.717, 1.165) is 26.0 Å². The van der Waals surface area contributed by atoms with Crippen LogP contribution in [-0.2, 0) is 6.61 Å². The first-order chi connectivity index (χ1) is 15.1. The van der Waals surface area contributed by atoms with Crippen molar-refractivity contribution < 1.29 is 14.3 Å². The first-order valence-electron chi connectivity index (χ1n) is 10.1. The van der Waals surface area contributed by atoms with Crippen LogP contribution in [0, 0.1) is 3.57 Å². The highest BCUT2D eigenvalue weighted by molar-refractivity contribution is 14.1. The lowest BCUT2D eigenvalue weighted by atomic mass is 10.1. The van der Waals surface area contributed by atoms with Gasteiger partial charge < -0.3 is 14.8 Å². The Hall–Kier alpha value is -3.06. The minimum Gasteiger partial charge on any atom is -0.493 e. The van der Waals surface area contributed by atoms with Crippen LogP contribution in [0.15, 0.2) is 84.9 Å². The number of carbonyl (C=O) groups is 1. The van der Waals surface area contributed by atoms with E-state index in [2.05, 4.69) is 40.0 Å². The Labute approximate surface area is 195 Å². The summed E-state index contributed by atoms with van der Waals surface area (Å²) in [6.07, 6.45) is 0. The van der Waals surface area contributed by atoms with E-state index >= 15 is 0 Å². The Kier molecular flexibility index (Phi) is 6.72. The molecule has 5 heteroatoms. The quantitative estimate of drug-likeness (QED) is 0.275. The van der Waals surface area contributed by atoms with Crippen molar-refractivity contribution >= 4 is 45.0 Å². The molecule has 4 aromatic rings. The number of ether oxygens (including phenoxy) is 2. The highest BCUT2D eigenvalue weighted by atomic mass is 127. The van der Waals surface area contributed by atoms with Crippen LogP contribution in [0.1, 0.15) is 22.8 Å². The molecule has 0 aliphatic rings. The van der Waals surface area contributed by atoms with Gasteiger partial charge in [0.15, 0.2) is 0 Å². The lowest BCUT2D eigenvalue weighted by Crippen LogP contribution is -2.13. The van der Waals surface area contributed by atoms with Crippen molar-refractivity contribution in [2.45, 2.75) is 13.5 Å². The molecule has 0 saturated heterocycles. The van der Waals surface area contributed by atoms with Crippen LogP contribution in [0.25, 0.3) is 10.8 Å². The third-order valence-electron chi connectivity index (χ3n) is 4.84. The molecule has 156 valence electrons. The summed E-state index contributed by atoms with van der Waals surface area (Å²) in [6.45, 7) is 2.78. The Balaban J connectivity index is 1.53. The zero-order valence-electron chi connectivity index (χ0n) is 17.1. The first-order valence-corrected chi connectivity index (χ1v) is 11.1. The molecule has 4 aromatic carbocycles. The lowest BCUT2D eigenvalue weighted by Gasteiger charge is -2.14. The number of nitrogens with one attached hydrogen (secondary N) is 1. The van der Waals surface area contributed by atoms with E-state index in [1.807, 2.05) is 73.7 Å². The number of halogens is 1. The lowest BCUT2D eigenvalue weighted by molar-refractivity contribution is 0.102. The summed E-state index contributed by atoms with van der Waals surface area (Å²) in [5, 5.41) is 5.22. The number of hydrogen-bond acceptors (Lipinski definition) is 3. The average molecular weight is 523 g/mol. The van der Waals surface area contributed by atoms with Gasteiger partial charge >= 0.3 is 0 Å². The number of fused-ring (bicyclic) bond motifs is 1. The maximum Gasteiger partial charge on any atom is 0.255 e. The minimum absolute atomic E-state index is 0.170. The third-order valence-corrected chi connectivity index (χ3v) is 5.56. The number of rotatable bonds is 7. The van der Waals surface area contributed by atoms with Gasteiger partial charge in [-0.1, -0.05) is 30.3 Å². The second-order valence-corrected chi connectivity index (χ2v) is 8.26. The van der Waals surface area contributed by atoms with Gasteiger partial charge in [0, 0.05) is 20.4 Å². The summed E-state index contributed by atoms with van der Waals surface area (Å²) in [5.74, 6) is 1.32. The van der Waals surface area contributed by atoms with Gasteiger partial charge in [-0.05, 0) is 94.9 Å². The number of carbonyl (C=O) groups excluding carboxylic acids is 1. The van der Waals surface area contributed by atoms with Crippen LogP contribution in [0.3, 0.4) is 0 Å². The van der Waals surface area contributed by atoms with E-state index in [9.17, 15) is 4.79 Å². The van der Waals surface area contributed by atoms with E-state index in [1.165, 1.54) is 5.39 Å². The molecule has 31 heavy (non-hydrogen) atoms. The minimum atomic E-state index is -0.170. The van der Waals surface area contributed by atoms with Gasteiger partial charge in [0.2, 0.25) is 0 Å². The Morgan fingerprint density at radius 1 is 0.871 bits per heavy atom. The van der Waals surface area contributed by atoms with E-state index < -0.39 is 0 Å². The second kappa shape index (κ2) is 9.83. The summed E-state index contributed by atoms with van der Waals surface area (Å²) in [6, 6.07) is 27.3. The van der Waals surface area contributed by atoms with Gasteiger partial charge in [-0.3, -0.25) is 4.79 Å². The fourth-order valence-corrected chi connectivity index (χ4v) is 3.64. The Bertz CT molecular complexity index is 1200. The first kappa shape index (κ1) is 21.2. The number of anilines is 1. The highest BCUT2D eigenvalue weighted by Crippen LogP contribution is 2.25. The number of amides is 1. The van der Waals surface area contributed by atoms with Gasteiger partial charge in [-0.2, -0.15) is 0 Å². The monoisotopic (exact) mass is 523 g/mol. The SMILES string of the molecule is CCOc1ccc(C(=O)Nc2ccc(I)cc2)cc1COc1ccc2ccccc2c1. The van der Waals surface area contributed by atoms with Crippen molar-refractivity contribution in [3.05, 3.63) is 99.6 Å². The van der Waals surface area contributed by atoms with E-state index in [0.29, 0.717) is 24.5 Å². The molecule has 4 nitrogen and oxygen atoms in total. The van der Waals surface area contributed by atoms with Crippen LogP contribution in [0.4, 0.5) is 5.69 Å². The molecule has 0 radical (unpaired) electrons. The summed E-state index contributed by atoms with van der Waals surface area (Å²) in [4.78, 5) is 12.7. The molecule has 0 fully saturated rings. The van der Waals surface area contributed by atoms with Crippen molar-refractivity contribution in [3.63, 3.8) is 0 Å². The van der Waals surface area contributed by atoms with Gasteiger partial charge in [0.1, 0.15) is 18.1 Å². The molecule has 0 aliphatic heterocycles. The van der Waals surface area contributed by atoms with Crippen molar-refractivity contribution in [2.24, 2.45) is 0 Å². The summed E-state index contributed by atoms with van der Waals surface area (Å²) >= 11 is 2.24. The van der Waals surface area contributed by atoms with Crippen LogP contribution >= 0.6 is 22.6 Å². The molecule has 4 rings (SSSR count). The Morgan fingerprint density at radius 3 is 2.42 bits per heavy atom. The zero-order valence-corrected chi connectivity index (χ0v) is 19.3. The predicted molar refractivity (Wildman–Crippen MR) is 133 cm³/mol. The van der Waals surface area contributed by atoms with Crippen LogP contribution in [0.5, 0.6) is 11.5 Å². The smallest absolute Gasteiger partial charge is 0.255 e. The number of hydrogen-bond donors (Lipinski definition) is 1. The molecule has 0 aliphatic carbocycles. The normalized spacial score (nSPS) is 10.6. The van der Waals surface area contributed by atoms with Gasteiger partial charge in [0.25, 0.3) is 5.91 Å². The molecule has 0 unspecified atom stereocenters. The van der Waals surface area contributed by atoms with Crippen molar-refractivity contribution in [1.82, 2.24) is 0 Å². The van der Waals surface area contributed by atoms with Crippen LogP contribution in [-0.4, -0.2) is 12.5 Å². The topological polar surface area (TPSA) is 47.6 Å². The Morgan fingerprint density at radius 2 is 1.65 bits per heavy atom. The fourth-order valence-electron chi connectivity index (χ4n) is 3.28. The van der Waals surface area contributed by atoms with Gasteiger partial charge in [-0.15, -0.1) is 0 Å². The molecular weight excluding hydrogens is 501 g/mol. The maximum absolute atomic E-state index is 12.7. The molecule has 0 bridgehead atoms. The van der Waals surface area contributed by atoms with Crippen molar-refractivity contribution in [2.75, 3.05) is 11.9 Å². The molecule has 0 atom stereocenters. The average Bonchev–Trinajstić information content (AvgIpc) is 2.80. The standard InChI is InChI=1S/C26H22INO3/c1-2-30-25-14-8-20(26(29)28-23-11-9-22(27)10-12-23)15-21(25)17-31-24-13-7-18-5-3-4-6-19(18)16-24/h3-16H,2,17H2,1H3,(H,28,29). The second-order valence-electron chi connectivity index (χ2n) is 7.01. The fraction of sp³-hybridized carbons (Fsp3) is 0.115. The summed E-state index contributed by atoms with van der Waals surface area (Å²) < 4.78 is 12.9. The van der Waals surface area contributed by atoms with Crippen molar-refractivity contribution in [3.8, 4) is 11.5 Å². The largest absolute Gasteiger partial charge is 0.493 e. The summed E-state index contributed by atoms with van der Waals surface area (Å²) in [5.41, 5.74) is 2.14. The zero-order chi connectivity index (χ0) is 21.6. The predicted octanol–water partition coefficient (Wildman–Crippen LogP) is 6.67. The molecule has 0 aromatic heterocycles. The van der Waals surface area contributed by atoms with Crippen LogP contribution in [0.2, 0.25) is 0 Å². The van der Waals surface area contributed by atoms with E-state index in [1.54, 1.807) is 6.07 Å². The third kappa shape index (κ3) is 5.35. The van der Waals surface area contributed by atoms with Crippen LogP contribution < -0.4 is 14.8 Å². The van der Waals surface area contributed by atoms with Gasteiger partial charge in [-0.25, -0.2) is 0 Å². The molecule has 1 amide bonds. The van der Waals surface area contributed by atoms with Crippen molar-refractivity contribution in [1.29, 1.82) is 0 Å².